The van der Waals surface area contributed by atoms with Crippen molar-refractivity contribution in [3.8, 4) is 11.5 Å². The van der Waals surface area contributed by atoms with Crippen LogP contribution in [0.15, 0.2) is 42.6 Å². The Morgan fingerprint density at radius 3 is 2.63 bits per heavy atom. The molecule has 0 bridgehead atoms. The van der Waals surface area contributed by atoms with Crippen molar-refractivity contribution in [1.82, 2.24) is 9.88 Å². The second kappa shape index (κ2) is 11.4. The van der Waals surface area contributed by atoms with Gasteiger partial charge in [0.15, 0.2) is 18.1 Å². The first kappa shape index (κ1) is 26.3. The molecular weight excluding hydrogens is 470 g/mol. The van der Waals surface area contributed by atoms with Crippen LogP contribution in [0.3, 0.4) is 0 Å². The predicted octanol–water partition coefficient (Wildman–Crippen LogP) is 3.41. The van der Waals surface area contributed by atoms with Gasteiger partial charge in [0.2, 0.25) is 0 Å². The zero-order valence-electron chi connectivity index (χ0n) is 19.1. The molecule has 3 rings (SSSR count). The highest BCUT2D eigenvalue weighted by molar-refractivity contribution is 6.05. The summed E-state index contributed by atoms with van der Waals surface area (Å²) in [7, 11) is 0. The third kappa shape index (κ3) is 7.33. The van der Waals surface area contributed by atoms with E-state index in [4.69, 9.17) is 15.2 Å². The van der Waals surface area contributed by atoms with E-state index in [0.717, 1.165) is 29.1 Å². The van der Waals surface area contributed by atoms with Crippen LogP contribution in [0.25, 0.3) is 10.9 Å². The molecule has 0 spiro atoms. The third-order valence-electron chi connectivity index (χ3n) is 5.22. The van der Waals surface area contributed by atoms with E-state index in [1.807, 2.05) is 19.1 Å². The molecule has 1 amide bonds. The molecular formula is C24H27F4N3O4. The van der Waals surface area contributed by atoms with E-state index in [9.17, 15) is 27.5 Å². The predicted molar refractivity (Wildman–Crippen MR) is 122 cm³/mol. The summed E-state index contributed by atoms with van der Waals surface area (Å²) in [6.45, 7) is 1.07. The lowest BCUT2D eigenvalue weighted by Crippen LogP contribution is -2.32. The molecule has 4 N–H and O–H groups in total. The second-order valence-corrected chi connectivity index (χ2v) is 8.08. The van der Waals surface area contributed by atoms with Crippen molar-refractivity contribution >= 4 is 16.8 Å². The maximum atomic E-state index is 13.5. The molecule has 1 atom stereocenters. The molecule has 35 heavy (non-hydrogen) atoms. The number of alkyl halides is 3. The number of aliphatic hydroxyl groups excluding tert-OH is 1. The maximum Gasteiger partial charge on any atom is 0.422 e. The van der Waals surface area contributed by atoms with Crippen molar-refractivity contribution in [3.05, 3.63) is 59.5 Å². The monoisotopic (exact) mass is 497 g/mol. The molecule has 7 nitrogen and oxygen atoms in total. The second-order valence-electron chi connectivity index (χ2n) is 8.08. The number of amides is 1. The lowest BCUT2D eigenvalue weighted by atomic mass is 10.0. The Labute approximate surface area is 199 Å². The lowest BCUT2D eigenvalue weighted by Gasteiger charge is -2.17. The fourth-order valence-corrected chi connectivity index (χ4v) is 3.78. The Morgan fingerprint density at radius 1 is 1.17 bits per heavy atom. The number of benzene rings is 2. The summed E-state index contributed by atoms with van der Waals surface area (Å²) >= 11 is 0. The Morgan fingerprint density at radius 2 is 1.94 bits per heavy atom. The van der Waals surface area contributed by atoms with E-state index in [-0.39, 0.29) is 30.8 Å². The minimum Gasteiger partial charge on any atom is -0.488 e. The third-order valence-corrected chi connectivity index (χ3v) is 5.22. The number of halogens is 4. The van der Waals surface area contributed by atoms with Crippen molar-refractivity contribution in [2.45, 2.75) is 32.1 Å². The first-order chi connectivity index (χ1) is 16.6. The smallest absolute Gasteiger partial charge is 0.422 e. The van der Waals surface area contributed by atoms with Crippen molar-refractivity contribution in [2.24, 2.45) is 5.73 Å². The number of nitrogens with one attached hydrogen (secondary N) is 1. The standard InChI is InChI=1S/C24H27F4N3O4/c1-15(10-16-11-17-4-6-31(7-8-32)22(17)19(12-16)23(29)33)30-5-9-34-21-13-18(25)2-3-20(21)35-14-24(26,27)28/h2-4,6,11-13,15,30,32H,5,7-10,14H2,1H3,(H2,29,33). The first-order valence-electron chi connectivity index (χ1n) is 10.9. The van der Waals surface area contributed by atoms with E-state index in [2.05, 4.69) is 5.32 Å². The minimum absolute atomic E-state index is 0.0511. The van der Waals surface area contributed by atoms with Gasteiger partial charge in [-0.15, -0.1) is 0 Å². The lowest BCUT2D eigenvalue weighted by molar-refractivity contribution is -0.153. The van der Waals surface area contributed by atoms with Gasteiger partial charge in [0, 0.05) is 36.8 Å². The highest BCUT2D eigenvalue weighted by atomic mass is 19.4. The van der Waals surface area contributed by atoms with Crippen LogP contribution in [0.4, 0.5) is 17.6 Å². The quantitative estimate of drug-likeness (QED) is 0.263. The van der Waals surface area contributed by atoms with Crippen LogP contribution in [0.5, 0.6) is 11.5 Å². The highest BCUT2D eigenvalue weighted by Crippen LogP contribution is 2.29. The number of aromatic nitrogens is 1. The zero-order valence-corrected chi connectivity index (χ0v) is 19.1. The molecule has 11 heteroatoms. The number of nitrogens with zero attached hydrogens (tertiary/aromatic N) is 1. The largest absolute Gasteiger partial charge is 0.488 e. The Kier molecular flexibility index (Phi) is 8.57. The Balaban J connectivity index is 1.58. The molecule has 0 aliphatic heterocycles. The Bertz CT molecular complexity index is 1160. The van der Waals surface area contributed by atoms with Crippen molar-refractivity contribution in [1.29, 1.82) is 0 Å². The van der Waals surface area contributed by atoms with Gasteiger partial charge in [0.1, 0.15) is 12.4 Å². The number of hydrogen-bond acceptors (Lipinski definition) is 5. The van der Waals surface area contributed by atoms with Gasteiger partial charge in [-0.3, -0.25) is 4.79 Å². The molecule has 0 saturated carbocycles. The average molecular weight is 497 g/mol. The van der Waals surface area contributed by atoms with Crippen LogP contribution >= 0.6 is 0 Å². The molecule has 1 unspecified atom stereocenters. The van der Waals surface area contributed by atoms with Gasteiger partial charge in [-0.25, -0.2) is 4.39 Å². The molecule has 3 aromatic rings. The minimum atomic E-state index is -4.53. The van der Waals surface area contributed by atoms with Gasteiger partial charge in [-0.05, 0) is 49.2 Å². The normalized spacial score (nSPS) is 12.6. The van der Waals surface area contributed by atoms with E-state index in [1.165, 1.54) is 0 Å². The molecule has 1 heterocycles. The van der Waals surface area contributed by atoms with E-state index in [0.29, 0.717) is 30.6 Å². The first-order valence-corrected chi connectivity index (χ1v) is 10.9. The molecule has 0 radical (unpaired) electrons. The fraction of sp³-hybridized carbons (Fsp3) is 0.375. The zero-order chi connectivity index (χ0) is 25.6. The maximum absolute atomic E-state index is 13.5. The Hall–Kier alpha value is -3.31. The number of hydrogen-bond donors (Lipinski definition) is 3. The number of primary amides is 1. The van der Waals surface area contributed by atoms with E-state index in [1.54, 1.807) is 16.8 Å². The number of ether oxygens (including phenoxy) is 2. The topological polar surface area (TPSA) is 98.7 Å². The number of aliphatic hydroxyl groups is 1. The summed E-state index contributed by atoms with van der Waals surface area (Å²) in [5, 5.41) is 13.3. The fourth-order valence-electron chi connectivity index (χ4n) is 3.78. The number of carbonyl (C=O) groups is 1. The molecule has 190 valence electrons. The van der Waals surface area contributed by atoms with E-state index >= 15 is 0 Å². The summed E-state index contributed by atoms with van der Waals surface area (Å²) in [6.07, 6.45) is -2.18. The van der Waals surface area contributed by atoms with Gasteiger partial charge in [0.05, 0.1) is 17.7 Å². The summed E-state index contributed by atoms with van der Waals surface area (Å²) in [5.41, 5.74) is 7.49. The van der Waals surface area contributed by atoms with Gasteiger partial charge in [0.25, 0.3) is 5.91 Å². The number of nitrogens with two attached hydrogens (primary N) is 1. The SMILES string of the molecule is CC(Cc1cc(C(N)=O)c2c(ccn2CCO)c1)NCCOc1cc(F)ccc1OCC(F)(F)F. The van der Waals surface area contributed by atoms with Crippen molar-refractivity contribution in [2.75, 3.05) is 26.4 Å². The van der Waals surface area contributed by atoms with Crippen LogP contribution in [-0.4, -0.2) is 54.2 Å². The molecule has 0 saturated heterocycles. The van der Waals surface area contributed by atoms with Crippen molar-refractivity contribution in [3.63, 3.8) is 0 Å². The highest BCUT2D eigenvalue weighted by Gasteiger charge is 2.29. The summed E-state index contributed by atoms with van der Waals surface area (Å²) in [5.74, 6) is -1.54. The summed E-state index contributed by atoms with van der Waals surface area (Å²) in [4.78, 5) is 12.0. The van der Waals surface area contributed by atoms with Crippen LogP contribution in [0, 0.1) is 5.82 Å². The number of fused-ring (bicyclic) bond motifs is 1. The summed E-state index contributed by atoms with van der Waals surface area (Å²) < 4.78 is 62.7. The van der Waals surface area contributed by atoms with Gasteiger partial charge < -0.3 is 30.2 Å². The van der Waals surface area contributed by atoms with Gasteiger partial charge in [-0.2, -0.15) is 13.2 Å². The molecule has 2 aromatic carbocycles. The van der Waals surface area contributed by atoms with Gasteiger partial charge >= 0.3 is 6.18 Å². The van der Waals surface area contributed by atoms with Gasteiger partial charge in [-0.1, -0.05) is 0 Å². The number of rotatable bonds is 12. The van der Waals surface area contributed by atoms with Crippen LogP contribution in [0.1, 0.15) is 22.8 Å². The van der Waals surface area contributed by atoms with Crippen LogP contribution < -0.4 is 20.5 Å². The number of carbonyl (C=O) groups excluding carboxylic acids is 1. The van der Waals surface area contributed by atoms with Crippen LogP contribution in [-0.2, 0) is 13.0 Å². The summed E-state index contributed by atoms with van der Waals surface area (Å²) in [6, 6.07) is 8.53. The molecule has 0 aliphatic rings. The van der Waals surface area contributed by atoms with E-state index < -0.39 is 24.5 Å². The van der Waals surface area contributed by atoms with Crippen molar-refractivity contribution < 1.29 is 36.9 Å². The van der Waals surface area contributed by atoms with Crippen LogP contribution in [0.2, 0.25) is 0 Å². The average Bonchev–Trinajstić information content (AvgIpc) is 3.17. The molecule has 0 fully saturated rings. The molecule has 0 aliphatic carbocycles. The molecule has 1 aromatic heterocycles.